The summed E-state index contributed by atoms with van der Waals surface area (Å²) in [4.78, 5) is 0. The van der Waals surface area contributed by atoms with Gasteiger partial charge in [-0.1, -0.05) is 6.92 Å². The van der Waals surface area contributed by atoms with Crippen molar-refractivity contribution in [1.29, 1.82) is 0 Å². The van der Waals surface area contributed by atoms with Crippen molar-refractivity contribution >= 4 is 0 Å². The van der Waals surface area contributed by atoms with E-state index >= 15 is 0 Å². The van der Waals surface area contributed by atoms with E-state index in [4.69, 9.17) is 9.47 Å². The third-order valence-corrected chi connectivity index (χ3v) is 2.27. The summed E-state index contributed by atoms with van der Waals surface area (Å²) in [5.41, 5.74) is 0. The maximum absolute atomic E-state index is 9.27. The Morgan fingerprint density at radius 3 is 2.60 bits per heavy atom. The topological polar surface area (TPSA) is 38.7 Å². The van der Waals surface area contributed by atoms with Gasteiger partial charge in [0.05, 0.1) is 19.3 Å². The summed E-state index contributed by atoms with van der Waals surface area (Å²) in [5.74, 6) is 0.446. The van der Waals surface area contributed by atoms with Gasteiger partial charge in [0.15, 0.2) is 0 Å². The van der Waals surface area contributed by atoms with Crippen molar-refractivity contribution < 1.29 is 14.6 Å². The molecule has 4 atom stereocenters. The van der Waals surface area contributed by atoms with Gasteiger partial charge in [0.1, 0.15) is 12.2 Å². The van der Waals surface area contributed by atoms with E-state index in [1.54, 1.807) is 0 Å². The largest absolute Gasteiger partial charge is 0.388 e. The molecule has 3 nitrogen and oxygen atoms in total. The van der Waals surface area contributed by atoms with Crippen LogP contribution < -0.4 is 0 Å². The van der Waals surface area contributed by atoms with E-state index in [1.165, 1.54) is 0 Å². The van der Waals surface area contributed by atoms with Crippen molar-refractivity contribution in [2.24, 2.45) is 5.92 Å². The Hall–Kier alpha value is -0.120. The minimum absolute atomic E-state index is 0.0463. The van der Waals surface area contributed by atoms with E-state index in [-0.39, 0.29) is 12.2 Å². The Bertz CT molecular complexity index is 121. The van der Waals surface area contributed by atoms with Crippen LogP contribution in [0.5, 0.6) is 0 Å². The molecular formula is C7H12O3. The maximum atomic E-state index is 9.27. The smallest absolute Gasteiger partial charge is 0.112 e. The van der Waals surface area contributed by atoms with Crippen molar-refractivity contribution in [3.8, 4) is 0 Å². The first-order valence-corrected chi connectivity index (χ1v) is 3.70. The fourth-order valence-corrected chi connectivity index (χ4v) is 1.67. The Balaban J connectivity index is 2.09. The van der Waals surface area contributed by atoms with Crippen LogP contribution in [-0.2, 0) is 9.47 Å². The fourth-order valence-electron chi connectivity index (χ4n) is 1.67. The molecule has 10 heavy (non-hydrogen) atoms. The predicted molar refractivity (Wildman–Crippen MR) is 34.7 cm³/mol. The Morgan fingerprint density at radius 1 is 1.20 bits per heavy atom. The molecule has 2 aliphatic heterocycles. The molecule has 3 heteroatoms. The Labute approximate surface area is 59.9 Å². The van der Waals surface area contributed by atoms with Crippen molar-refractivity contribution in [2.45, 2.75) is 25.2 Å². The Kier molecular flexibility index (Phi) is 1.44. The minimum Gasteiger partial charge on any atom is -0.388 e. The zero-order valence-electron chi connectivity index (χ0n) is 5.99. The molecule has 0 saturated carbocycles. The number of aliphatic hydroxyl groups excluding tert-OH is 1. The number of aliphatic hydroxyl groups is 1. The molecule has 2 saturated heterocycles. The molecule has 0 aromatic heterocycles. The van der Waals surface area contributed by atoms with Crippen molar-refractivity contribution in [2.75, 3.05) is 13.2 Å². The normalized spacial score (nSPS) is 53.4. The molecule has 2 rings (SSSR count). The third kappa shape index (κ3) is 0.779. The van der Waals surface area contributed by atoms with E-state index in [0.717, 1.165) is 6.61 Å². The average molecular weight is 144 g/mol. The second kappa shape index (κ2) is 2.19. The van der Waals surface area contributed by atoms with Gasteiger partial charge in [-0.3, -0.25) is 0 Å². The van der Waals surface area contributed by atoms with E-state index in [2.05, 4.69) is 6.92 Å². The number of fused-ring (bicyclic) bond motifs is 1. The lowest BCUT2D eigenvalue weighted by molar-refractivity contribution is 0.0173. The molecule has 0 bridgehead atoms. The molecule has 3 unspecified atom stereocenters. The van der Waals surface area contributed by atoms with Crippen LogP contribution >= 0.6 is 0 Å². The summed E-state index contributed by atoms with van der Waals surface area (Å²) in [6.45, 7) is 3.26. The lowest BCUT2D eigenvalue weighted by atomic mass is 10.0. The van der Waals surface area contributed by atoms with Crippen LogP contribution in [0.4, 0.5) is 0 Å². The molecule has 0 radical (unpaired) electrons. The van der Waals surface area contributed by atoms with Crippen LogP contribution in [0.1, 0.15) is 6.92 Å². The molecule has 58 valence electrons. The van der Waals surface area contributed by atoms with Gasteiger partial charge < -0.3 is 14.6 Å². The quantitative estimate of drug-likeness (QED) is 0.511. The first-order valence-electron chi connectivity index (χ1n) is 3.70. The van der Waals surface area contributed by atoms with E-state index in [9.17, 15) is 5.11 Å². The lowest BCUT2D eigenvalue weighted by Gasteiger charge is -2.10. The van der Waals surface area contributed by atoms with Crippen LogP contribution in [0.3, 0.4) is 0 Å². The molecule has 0 aliphatic carbocycles. The summed E-state index contributed by atoms with van der Waals surface area (Å²) in [7, 11) is 0. The average Bonchev–Trinajstić information content (AvgIpc) is 2.41. The molecule has 2 aliphatic rings. The second-order valence-electron chi connectivity index (χ2n) is 3.14. The highest BCUT2D eigenvalue weighted by molar-refractivity contribution is 4.92. The minimum atomic E-state index is -0.394. The van der Waals surface area contributed by atoms with E-state index in [1.807, 2.05) is 0 Å². The molecule has 0 amide bonds. The van der Waals surface area contributed by atoms with Gasteiger partial charge in [-0.25, -0.2) is 0 Å². The fraction of sp³-hybridized carbons (Fsp3) is 1.00. The van der Waals surface area contributed by atoms with Crippen LogP contribution in [0.2, 0.25) is 0 Å². The first-order chi connectivity index (χ1) is 4.79. The van der Waals surface area contributed by atoms with Gasteiger partial charge in [-0.05, 0) is 0 Å². The van der Waals surface area contributed by atoms with E-state index < -0.39 is 6.10 Å². The lowest BCUT2D eigenvalue weighted by Crippen LogP contribution is -2.28. The SMILES string of the molecule is CC1COC2C(O)CO[C@H]12. The maximum Gasteiger partial charge on any atom is 0.112 e. The van der Waals surface area contributed by atoms with Gasteiger partial charge in [0.25, 0.3) is 0 Å². The van der Waals surface area contributed by atoms with Gasteiger partial charge in [0, 0.05) is 5.92 Å². The third-order valence-electron chi connectivity index (χ3n) is 2.27. The molecule has 2 heterocycles. The molecule has 0 aromatic carbocycles. The number of ether oxygens (including phenoxy) is 2. The first kappa shape index (κ1) is 6.58. The summed E-state index contributed by atoms with van der Waals surface area (Å²) >= 11 is 0. The highest BCUT2D eigenvalue weighted by Crippen LogP contribution is 2.30. The summed E-state index contributed by atoms with van der Waals surface area (Å²) in [6, 6.07) is 0. The number of hydrogen-bond acceptors (Lipinski definition) is 3. The highest BCUT2D eigenvalue weighted by Gasteiger charge is 2.44. The zero-order chi connectivity index (χ0) is 7.14. The molecular weight excluding hydrogens is 132 g/mol. The molecule has 0 spiro atoms. The van der Waals surface area contributed by atoms with Crippen molar-refractivity contribution in [3.63, 3.8) is 0 Å². The van der Waals surface area contributed by atoms with Crippen LogP contribution in [0.25, 0.3) is 0 Å². The van der Waals surface area contributed by atoms with Gasteiger partial charge in [-0.2, -0.15) is 0 Å². The monoisotopic (exact) mass is 144 g/mol. The molecule has 2 fully saturated rings. The molecule has 0 aromatic rings. The standard InChI is InChI=1S/C7H12O3/c1-4-2-9-7-5(8)3-10-6(4)7/h4-8H,2-3H2,1H3/t4?,5?,6-,7?/m1/s1. The van der Waals surface area contributed by atoms with Gasteiger partial charge in [-0.15, -0.1) is 0 Å². The summed E-state index contributed by atoms with van der Waals surface area (Å²) in [5, 5.41) is 9.27. The summed E-state index contributed by atoms with van der Waals surface area (Å²) in [6.07, 6.45) is -0.292. The van der Waals surface area contributed by atoms with Crippen LogP contribution in [0, 0.1) is 5.92 Å². The van der Waals surface area contributed by atoms with Gasteiger partial charge >= 0.3 is 0 Å². The number of rotatable bonds is 0. The summed E-state index contributed by atoms with van der Waals surface area (Å²) < 4.78 is 10.7. The van der Waals surface area contributed by atoms with Gasteiger partial charge in [0.2, 0.25) is 0 Å². The Morgan fingerprint density at radius 2 is 1.90 bits per heavy atom. The van der Waals surface area contributed by atoms with Crippen molar-refractivity contribution in [1.82, 2.24) is 0 Å². The van der Waals surface area contributed by atoms with Crippen LogP contribution in [-0.4, -0.2) is 36.6 Å². The molecule has 1 N–H and O–H groups in total. The number of hydrogen-bond donors (Lipinski definition) is 1. The predicted octanol–water partition coefficient (Wildman–Crippen LogP) is -0.219. The van der Waals surface area contributed by atoms with E-state index in [0.29, 0.717) is 12.5 Å². The highest BCUT2D eigenvalue weighted by atomic mass is 16.6. The second-order valence-corrected chi connectivity index (χ2v) is 3.14. The zero-order valence-corrected chi connectivity index (χ0v) is 5.99. The van der Waals surface area contributed by atoms with Crippen molar-refractivity contribution in [3.05, 3.63) is 0 Å². The van der Waals surface area contributed by atoms with Crippen LogP contribution in [0.15, 0.2) is 0 Å².